The fourth-order valence-corrected chi connectivity index (χ4v) is 2.97. The zero-order valence-corrected chi connectivity index (χ0v) is 12.6. The van der Waals surface area contributed by atoms with Crippen LogP contribution in [0.1, 0.15) is 29.6 Å². The van der Waals surface area contributed by atoms with Gasteiger partial charge in [-0.25, -0.2) is 8.78 Å². The summed E-state index contributed by atoms with van der Waals surface area (Å²) >= 11 is 3.33. The molecule has 0 heterocycles. The van der Waals surface area contributed by atoms with Gasteiger partial charge in [0.15, 0.2) is 11.6 Å². The number of halogens is 3. The SMILES string of the molecule is O=C(NCC1(CCBr)CC1)c1cc(F)c(F)cc1[N+](=O)[O-]. The van der Waals surface area contributed by atoms with E-state index < -0.39 is 33.7 Å². The average molecular weight is 363 g/mol. The fourth-order valence-electron chi connectivity index (χ4n) is 2.12. The van der Waals surface area contributed by atoms with Crippen LogP contribution in [0.4, 0.5) is 14.5 Å². The van der Waals surface area contributed by atoms with Crippen molar-refractivity contribution in [3.05, 3.63) is 39.4 Å². The van der Waals surface area contributed by atoms with Gasteiger partial charge in [0.25, 0.3) is 11.6 Å². The molecule has 1 saturated carbocycles. The molecule has 0 radical (unpaired) electrons. The molecule has 1 fully saturated rings. The van der Waals surface area contributed by atoms with Crippen molar-refractivity contribution in [2.75, 3.05) is 11.9 Å². The van der Waals surface area contributed by atoms with Gasteiger partial charge in [-0.1, -0.05) is 15.9 Å². The highest BCUT2D eigenvalue weighted by Crippen LogP contribution is 2.48. The highest BCUT2D eigenvalue weighted by Gasteiger charge is 2.42. The molecule has 21 heavy (non-hydrogen) atoms. The van der Waals surface area contributed by atoms with Crippen molar-refractivity contribution >= 4 is 27.5 Å². The van der Waals surface area contributed by atoms with E-state index in [2.05, 4.69) is 21.2 Å². The normalized spacial score (nSPS) is 15.6. The Kier molecular flexibility index (Phi) is 4.55. The number of carbonyl (C=O) groups excluding carboxylic acids is 1. The average Bonchev–Trinajstić information content (AvgIpc) is 3.19. The van der Waals surface area contributed by atoms with Crippen molar-refractivity contribution < 1.29 is 18.5 Å². The van der Waals surface area contributed by atoms with Crippen molar-refractivity contribution in [2.45, 2.75) is 19.3 Å². The van der Waals surface area contributed by atoms with Gasteiger partial charge < -0.3 is 5.32 Å². The molecule has 1 aromatic rings. The lowest BCUT2D eigenvalue weighted by molar-refractivity contribution is -0.385. The first-order valence-electron chi connectivity index (χ1n) is 6.36. The molecule has 0 saturated heterocycles. The first kappa shape index (κ1) is 15.8. The lowest BCUT2D eigenvalue weighted by Crippen LogP contribution is -2.31. The number of nitrogens with one attached hydrogen (secondary N) is 1. The van der Waals surface area contributed by atoms with E-state index in [1.165, 1.54) is 0 Å². The molecule has 0 unspecified atom stereocenters. The van der Waals surface area contributed by atoms with Crippen LogP contribution in [-0.4, -0.2) is 22.7 Å². The Hall–Kier alpha value is -1.57. The Balaban J connectivity index is 2.15. The standard InChI is InChI=1S/C13H13BrF2N2O3/c14-4-3-13(1-2-13)7-17-12(19)8-5-9(15)10(16)6-11(8)18(20)21/h5-6H,1-4,7H2,(H,17,19). The number of benzene rings is 1. The van der Waals surface area contributed by atoms with Crippen molar-refractivity contribution in [3.8, 4) is 0 Å². The maximum atomic E-state index is 13.2. The number of hydrogen-bond donors (Lipinski definition) is 1. The van der Waals surface area contributed by atoms with Crippen LogP contribution in [0, 0.1) is 27.2 Å². The summed E-state index contributed by atoms with van der Waals surface area (Å²) in [5.41, 5.74) is -1.18. The van der Waals surface area contributed by atoms with Crippen LogP contribution in [0.5, 0.6) is 0 Å². The van der Waals surface area contributed by atoms with Crippen LogP contribution in [0.2, 0.25) is 0 Å². The van der Waals surface area contributed by atoms with E-state index >= 15 is 0 Å². The molecule has 1 N–H and O–H groups in total. The number of nitro groups is 1. The second-order valence-corrected chi connectivity index (χ2v) is 5.96. The zero-order chi connectivity index (χ0) is 15.6. The topological polar surface area (TPSA) is 72.2 Å². The van der Waals surface area contributed by atoms with E-state index in [-0.39, 0.29) is 5.41 Å². The monoisotopic (exact) mass is 362 g/mol. The summed E-state index contributed by atoms with van der Waals surface area (Å²) in [4.78, 5) is 21.9. The van der Waals surface area contributed by atoms with E-state index in [9.17, 15) is 23.7 Å². The van der Waals surface area contributed by atoms with E-state index in [0.29, 0.717) is 18.7 Å². The molecule has 0 bridgehead atoms. The molecule has 1 aromatic carbocycles. The molecule has 0 atom stereocenters. The third kappa shape index (κ3) is 3.55. The number of nitrogens with zero attached hydrogens (tertiary/aromatic N) is 1. The second-order valence-electron chi connectivity index (χ2n) is 5.16. The van der Waals surface area contributed by atoms with Crippen LogP contribution in [-0.2, 0) is 0 Å². The predicted octanol–water partition coefficient (Wildman–Crippen LogP) is 3.17. The van der Waals surface area contributed by atoms with Crippen LogP contribution < -0.4 is 5.32 Å². The number of alkyl halides is 1. The molecule has 5 nitrogen and oxygen atoms in total. The van der Waals surface area contributed by atoms with Crippen LogP contribution in [0.3, 0.4) is 0 Å². The van der Waals surface area contributed by atoms with Gasteiger partial charge in [0, 0.05) is 11.9 Å². The summed E-state index contributed by atoms with van der Waals surface area (Å²) in [6, 6.07) is 0.989. The van der Waals surface area contributed by atoms with E-state index in [1.54, 1.807) is 0 Å². The molecule has 2 rings (SSSR count). The van der Waals surface area contributed by atoms with Crippen molar-refractivity contribution in [2.24, 2.45) is 5.41 Å². The Morgan fingerprint density at radius 1 is 1.38 bits per heavy atom. The number of hydrogen-bond acceptors (Lipinski definition) is 3. The Labute approximate surface area is 128 Å². The molecule has 1 aliphatic rings. The number of rotatable bonds is 6. The zero-order valence-electron chi connectivity index (χ0n) is 11.0. The first-order valence-corrected chi connectivity index (χ1v) is 7.48. The van der Waals surface area contributed by atoms with E-state index in [4.69, 9.17) is 0 Å². The van der Waals surface area contributed by atoms with Crippen molar-refractivity contribution in [1.29, 1.82) is 0 Å². The summed E-state index contributed by atoms with van der Waals surface area (Å²) < 4.78 is 26.3. The second kappa shape index (κ2) is 6.05. The summed E-state index contributed by atoms with van der Waals surface area (Å²) in [7, 11) is 0. The minimum atomic E-state index is -1.35. The largest absolute Gasteiger partial charge is 0.351 e. The van der Waals surface area contributed by atoms with E-state index in [1.807, 2.05) is 0 Å². The van der Waals surface area contributed by atoms with Gasteiger partial charge in [0.2, 0.25) is 0 Å². The summed E-state index contributed by atoms with van der Waals surface area (Å²) in [5.74, 6) is -3.40. The third-order valence-corrected chi connectivity index (χ3v) is 4.08. The Morgan fingerprint density at radius 2 is 2.00 bits per heavy atom. The van der Waals surface area contributed by atoms with Crippen LogP contribution >= 0.6 is 15.9 Å². The van der Waals surface area contributed by atoms with Gasteiger partial charge in [0.1, 0.15) is 5.56 Å². The highest BCUT2D eigenvalue weighted by molar-refractivity contribution is 9.09. The summed E-state index contributed by atoms with van der Waals surface area (Å²) in [5, 5.41) is 14.2. The maximum absolute atomic E-state index is 13.2. The lowest BCUT2D eigenvalue weighted by Gasteiger charge is -2.14. The minimum absolute atomic E-state index is 0.0204. The van der Waals surface area contributed by atoms with Gasteiger partial charge in [0.05, 0.1) is 11.0 Å². The summed E-state index contributed by atoms with van der Waals surface area (Å²) in [6.45, 7) is 0.369. The van der Waals surface area contributed by atoms with Gasteiger partial charge in [-0.15, -0.1) is 0 Å². The van der Waals surface area contributed by atoms with Gasteiger partial charge in [-0.3, -0.25) is 14.9 Å². The Bertz CT molecular complexity index is 591. The molecule has 1 amide bonds. The lowest BCUT2D eigenvalue weighted by atomic mass is 10.0. The predicted molar refractivity (Wildman–Crippen MR) is 75.4 cm³/mol. The molecule has 0 spiro atoms. The summed E-state index contributed by atoms with van der Waals surface area (Å²) in [6.07, 6.45) is 2.82. The fraction of sp³-hybridized carbons (Fsp3) is 0.462. The molecule has 8 heteroatoms. The highest BCUT2D eigenvalue weighted by atomic mass is 79.9. The number of nitro benzene ring substituents is 1. The number of carbonyl (C=O) groups is 1. The Morgan fingerprint density at radius 3 is 2.52 bits per heavy atom. The van der Waals surface area contributed by atoms with Crippen molar-refractivity contribution in [1.82, 2.24) is 5.32 Å². The van der Waals surface area contributed by atoms with Gasteiger partial charge in [-0.2, -0.15) is 0 Å². The quantitative estimate of drug-likeness (QED) is 0.479. The minimum Gasteiger partial charge on any atom is -0.351 e. The molecular formula is C13H13BrF2N2O3. The van der Waals surface area contributed by atoms with Crippen molar-refractivity contribution in [3.63, 3.8) is 0 Å². The van der Waals surface area contributed by atoms with Gasteiger partial charge >= 0.3 is 0 Å². The van der Waals surface area contributed by atoms with Gasteiger partial charge in [-0.05, 0) is 30.7 Å². The van der Waals surface area contributed by atoms with E-state index in [0.717, 1.165) is 24.6 Å². The molecule has 0 aromatic heterocycles. The van der Waals surface area contributed by atoms with Crippen LogP contribution in [0.25, 0.3) is 0 Å². The third-order valence-electron chi connectivity index (χ3n) is 3.69. The number of amides is 1. The molecule has 114 valence electrons. The maximum Gasteiger partial charge on any atom is 0.285 e. The molecule has 0 aliphatic heterocycles. The smallest absolute Gasteiger partial charge is 0.285 e. The molecular weight excluding hydrogens is 350 g/mol. The molecule has 1 aliphatic carbocycles. The van der Waals surface area contributed by atoms with Crippen LogP contribution in [0.15, 0.2) is 12.1 Å². The first-order chi connectivity index (χ1) is 9.88.